The molecule has 14 atom stereocenters. The van der Waals surface area contributed by atoms with E-state index < -0.39 is 248 Å². The van der Waals surface area contributed by atoms with Crippen LogP contribution in [0.15, 0.2) is 65.7 Å². The molecule has 2 bridgehead atoms. The topological polar surface area (TPSA) is 684 Å². The van der Waals surface area contributed by atoms with E-state index in [1.54, 1.807) is 39.2 Å². The van der Waals surface area contributed by atoms with E-state index in [1.807, 2.05) is 13.8 Å². The molecule has 0 radical (unpaired) electrons. The molecule has 15 amide bonds. The number of carbonyl (C=O) groups excluding carboxylic acids is 17. The number of nitrogens with two attached hydrogens (primary N) is 2. The van der Waals surface area contributed by atoms with Crippen molar-refractivity contribution in [3.63, 3.8) is 0 Å². The zero-order chi connectivity index (χ0) is 107. The van der Waals surface area contributed by atoms with Crippen LogP contribution in [0.1, 0.15) is 133 Å². The second kappa shape index (κ2) is 61.0. The van der Waals surface area contributed by atoms with Crippen LogP contribution in [0.4, 0.5) is 15.3 Å². The Hall–Kier alpha value is -12.8. The summed E-state index contributed by atoms with van der Waals surface area (Å²) in [5.74, 6) is -18.4. The molecule has 0 aliphatic carbocycles. The Morgan fingerprint density at radius 3 is 1.84 bits per heavy atom. The number of aliphatic hydroxyl groups is 3. The van der Waals surface area contributed by atoms with Crippen LogP contribution >= 0.6 is 0 Å². The summed E-state index contributed by atoms with van der Waals surface area (Å²) in [5, 5.41) is 57.1. The van der Waals surface area contributed by atoms with Crippen molar-refractivity contribution >= 4 is 139 Å². The zero-order valence-corrected chi connectivity index (χ0v) is 84.4. The third-order valence-corrected chi connectivity index (χ3v) is 25.7. The van der Waals surface area contributed by atoms with Crippen molar-refractivity contribution in [3.05, 3.63) is 88.7 Å². The summed E-state index contributed by atoms with van der Waals surface area (Å²) in [4.78, 5) is 252. The molecule has 146 heavy (non-hydrogen) atoms. The lowest BCUT2D eigenvalue weighted by Crippen LogP contribution is -2.61. The number of methoxy groups -OCH3 is 1. The summed E-state index contributed by atoms with van der Waals surface area (Å²) >= 11 is 0. The third kappa shape index (κ3) is 37.9. The zero-order valence-electron chi connectivity index (χ0n) is 83.6. The monoisotopic (exact) mass is 2070 g/mol. The van der Waals surface area contributed by atoms with Crippen LogP contribution in [0.3, 0.4) is 0 Å². The lowest BCUT2D eigenvalue weighted by atomic mass is 9.93. The molecule has 2 aromatic heterocycles. The molecule has 5 heterocycles. The van der Waals surface area contributed by atoms with Crippen LogP contribution in [-0.2, 0) is 146 Å². The summed E-state index contributed by atoms with van der Waals surface area (Å²) in [6, 6.07) is 2.52. The number of hydrogen-bond donors (Lipinski definition) is 16. The van der Waals surface area contributed by atoms with Gasteiger partial charge in [-0.3, -0.25) is 76.1 Å². The van der Waals surface area contributed by atoms with Gasteiger partial charge in [-0.2, -0.15) is 0 Å². The number of aromatic amines is 1. The molecule has 0 spiro atoms. The number of carbonyl (C=O) groups is 17. The van der Waals surface area contributed by atoms with Crippen LogP contribution in [-0.4, -0.2) is 375 Å². The van der Waals surface area contributed by atoms with Crippen molar-refractivity contribution in [1.29, 1.82) is 0 Å². The van der Waals surface area contributed by atoms with Gasteiger partial charge in [0.25, 0.3) is 0 Å². The number of hydrogen-bond acceptors (Lipinski definition) is 33. The number of amides is 15. The molecular formula is C96H138N18O31S. The Morgan fingerprint density at radius 2 is 1.21 bits per heavy atom. The van der Waals surface area contributed by atoms with E-state index in [0.29, 0.717) is 81.1 Å². The minimum Gasteiger partial charge on any atom is -0.445 e. The predicted molar refractivity (Wildman–Crippen MR) is 522 cm³/mol. The Balaban J connectivity index is 0.964. The van der Waals surface area contributed by atoms with Crippen molar-refractivity contribution in [3.8, 4) is 5.75 Å². The van der Waals surface area contributed by atoms with Gasteiger partial charge in [0.15, 0.2) is 11.6 Å². The first-order valence-corrected chi connectivity index (χ1v) is 49.8. The molecular weight excluding hydrogens is 1930 g/mol. The molecule has 1 fully saturated rings. The molecule has 3 aliphatic heterocycles. The third-order valence-electron chi connectivity index (χ3n) is 24.2. The number of Topliss-reactive ketones (excluding diaryl/α,β-unsaturated/α-hetero) is 2. The predicted octanol–water partition coefficient (Wildman–Crippen LogP) is -2.27. The van der Waals surface area contributed by atoms with Crippen LogP contribution in [0.25, 0.3) is 21.9 Å². The Bertz CT molecular complexity index is 5330. The fourth-order valence-corrected chi connectivity index (χ4v) is 17.1. The molecule has 49 nitrogen and oxygen atoms in total. The van der Waals surface area contributed by atoms with Crippen LogP contribution in [0, 0.1) is 17.8 Å². The molecule has 50 heteroatoms. The summed E-state index contributed by atoms with van der Waals surface area (Å²) < 4.78 is 71.1. The number of nitrogens with zero attached hydrogens (tertiary/aromatic N) is 5. The number of nitrogens with one attached hydrogen (secondary N) is 11. The summed E-state index contributed by atoms with van der Waals surface area (Å²) in [7, 11) is 0.342. The molecule has 3 aliphatic rings. The summed E-state index contributed by atoms with van der Waals surface area (Å²) in [5.41, 5.74) is 15.4. The van der Waals surface area contributed by atoms with E-state index >= 15 is 9.00 Å². The minimum atomic E-state index is -2.58. The van der Waals surface area contributed by atoms with E-state index in [4.69, 9.17) is 68.8 Å². The summed E-state index contributed by atoms with van der Waals surface area (Å²) in [6.07, 6.45) is -6.38. The van der Waals surface area contributed by atoms with E-state index in [1.165, 1.54) is 75.2 Å². The fraction of sp³-hybridized carbons (Fsp3) is 0.594. The molecule has 804 valence electrons. The highest BCUT2D eigenvalue weighted by Crippen LogP contribution is 2.33. The van der Waals surface area contributed by atoms with Gasteiger partial charge in [-0.1, -0.05) is 53.2 Å². The van der Waals surface area contributed by atoms with Gasteiger partial charge in [-0.05, 0) is 92.6 Å². The number of fused-ring (bicyclic) bond motifs is 6. The van der Waals surface area contributed by atoms with Crippen molar-refractivity contribution < 1.29 is 148 Å². The highest BCUT2D eigenvalue weighted by Gasteiger charge is 2.46. The summed E-state index contributed by atoms with van der Waals surface area (Å²) in [6.45, 7) is 10.7. The molecule has 5 aromatic rings. The number of aliphatic hydroxyl groups excluding tert-OH is 3. The maximum absolute atomic E-state index is 15.5. The molecule has 3 aromatic carbocycles. The van der Waals surface area contributed by atoms with E-state index in [2.05, 4.69) is 58.2 Å². The maximum atomic E-state index is 15.5. The number of ether oxygens (including phenoxy) is 10. The number of ketones is 2. The van der Waals surface area contributed by atoms with Gasteiger partial charge < -0.3 is 147 Å². The number of primary amides is 2. The van der Waals surface area contributed by atoms with E-state index in [-0.39, 0.29) is 137 Å². The second-order valence-corrected chi connectivity index (χ2v) is 36.7. The van der Waals surface area contributed by atoms with Gasteiger partial charge in [-0.15, -0.1) is 0 Å². The van der Waals surface area contributed by atoms with Gasteiger partial charge in [0.1, 0.15) is 59.7 Å². The van der Waals surface area contributed by atoms with Crippen LogP contribution < -0.4 is 69.4 Å². The smallest absolute Gasteiger partial charge is 0.415 e. The molecule has 8 rings (SSSR count). The first-order chi connectivity index (χ1) is 69.8. The van der Waals surface area contributed by atoms with E-state index in [0.717, 1.165) is 27.6 Å². The van der Waals surface area contributed by atoms with Crippen molar-refractivity contribution in [2.45, 2.75) is 191 Å². The molecule has 1 saturated heterocycles. The SMILES string of the molecule is CCc1nc2ccc(C(=O)CCCOCCOCCOCCN(CCN(C)C(=O)Oc3ccc4c5c([nH]c4c3)S(=O)C[C@@H]3NC(=O)CNC(=O)[C@H]([C@@H](C)CC)NC(=O)CNC(=O)[C@@H](C5)NC(=O)[C@H]([C@@H](C)[C@@H](O)CO)NC(=O)[C@@H]4C[C@@H](O)CN4C(=O)[C@H](CC(N)=O)CC3=O)C(=O)OCc3ccc(NC(=O)[C@H](CC(N)=O)NC(=O)[C@H](C)NC(=O)[C@H](C)NC(=O)CCOCCOCCOCCOCCOC)cc3)cc2nc1CC. The Labute approximate surface area is 846 Å². The van der Waals surface area contributed by atoms with Gasteiger partial charge in [0.05, 0.1) is 187 Å². The van der Waals surface area contributed by atoms with Gasteiger partial charge in [0.2, 0.25) is 76.8 Å². The van der Waals surface area contributed by atoms with Crippen molar-refractivity contribution in [1.82, 2.24) is 77.5 Å². The Kier molecular flexibility index (Phi) is 49.5. The number of H-pyrrole nitrogens is 1. The minimum absolute atomic E-state index is 0.0106. The van der Waals surface area contributed by atoms with Crippen LogP contribution in [0.2, 0.25) is 0 Å². The standard InChI is InChI=1S/C96H138N18O31S/c1-10-55(4)84-91(130)100-49-82(123)106-74-54-146(135)93-66(47-72(88(127)99-50-83(124)110-84)108-92(131)85(56(5)78(119)52-115)111-90(129)75-45-63(116)51-114(75)94(132)61(43-77(74)118)44-79(97)120)65-21-20-64(46-70(65)109-93)145-95(133)112(8)24-25-113(26-29-139-34-37-141-35-32-137-27-13-14-76(117)60-17-22-69-71(42-60)105-68(12-3)67(11-2)104-69)96(134)144-53-59-15-18-62(19-16-59)103-89(128)73(48-80(98)121)107-87(126)58(7)102-86(125)57(6)101-81(122)23-28-138-33-36-142-40-41-143-39-38-140-31-30-136-9/h15-22,42,46,55-58,61,63,72-75,78,84-85,109,115-116,119H,10-14,23-41,43-45,47-54H2,1-9H3,(H2,97,120)(H2,98,121)(H,99,127)(H,100,130)(H,101,122)(H,102,125)(H,103,128)(H,106,123)(H,107,126)(H,108,131)(H,110,124)(H,111,129)/t55-,56-,57-,58-,61-,63+,72+,73-,74-,75-,78-,84-,85-,146?/m0/s1. The highest BCUT2D eigenvalue weighted by atomic mass is 32.2. The second-order valence-electron chi connectivity index (χ2n) is 35.3. The number of likely N-dealkylation sites (N-methyl/N-ethyl adjacent to an activating group) is 1. The normalized spacial score (nSPS) is 19.5. The van der Waals surface area contributed by atoms with Gasteiger partial charge in [-0.25, -0.2) is 19.6 Å². The lowest BCUT2D eigenvalue weighted by Gasteiger charge is -2.32. The fourth-order valence-electron chi connectivity index (χ4n) is 15.6. The van der Waals surface area contributed by atoms with Crippen molar-refractivity contribution in [2.75, 3.05) is 170 Å². The van der Waals surface area contributed by atoms with Crippen molar-refractivity contribution in [2.24, 2.45) is 29.2 Å². The van der Waals surface area contributed by atoms with Gasteiger partial charge in [0, 0.05) is 114 Å². The highest BCUT2D eigenvalue weighted by molar-refractivity contribution is 7.85. The quantitative estimate of drug-likeness (QED) is 0.0144. The number of benzene rings is 3. The molecule has 0 saturated carbocycles. The number of aromatic nitrogens is 3. The van der Waals surface area contributed by atoms with Gasteiger partial charge >= 0.3 is 12.2 Å². The number of anilines is 1. The number of rotatable bonds is 53. The first-order valence-electron chi connectivity index (χ1n) is 48.5. The average Bonchev–Trinajstić information content (AvgIpc) is 1.65. The average molecular weight is 2070 g/mol. The largest absolute Gasteiger partial charge is 0.445 e. The maximum Gasteiger partial charge on any atom is 0.415 e. The van der Waals surface area contributed by atoms with E-state index in [9.17, 15) is 92.0 Å². The molecule has 1 unspecified atom stereocenters. The van der Waals surface area contributed by atoms with Crippen LogP contribution in [0.5, 0.6) is 5.75 Å². The molecule has 18 N–H and O–H groups in total. The first kappa shape index (κ1) is 118. The lowest BCUT2D eigenvalue weighted by molar-refractivity contribution is -0.145. The number of aryl methyl sites for hydroxylation is 2. The Morgan fingerprint density at radius 1 is 0.610 bits per heavy atom.